The lowest BCUT2D eigenvalue weighted by Crippen LogP contribution is -2.19. The highest BCUT2D eigenvalue weighted by Gasteiger charge is 2.54. The highest BCUT2D eigenvalue weighted by molar-refractivity contribution is 5.66. The Morgan fingerprint density at radius 1 is 1.44 bits per heavy atom. The largest absolute Gasteiger partial charge is 0.481 e. The molecule has 0 aromatic carbocycles. The topological polar surface area (TPSA) is 70.1 Å². The van der Waals surface area contributed by atoms with Crippen LogP contribution in [0, 0.1) is 5.92 Å². The number of allylic oxidation sites excluding steroid dienone is 2. The van der Waals surface area contributed by atoms with Crippen LogP contribution in [0.4, 0.5) is 0 Å². The van der Waals surface area contributed by atoms with Gasteiger partial charge in [0.05, 0.1) is 18.3 Å². The normalized spacial score (nSPS) is 36.6. The maximum Gasteiger partial charge on any atom is 0.303 e. The van der Waals surface area contributed by atoms with Crippen molar-refractivity contribution in [2.75, 3.05) is 0 Å². The molecule has 1 saturated heterocycles. The van der Waals surface area contributed by atoms with Gasteiger partial charge in [0.25, 0.3) is 0 Å². The van der Waals surface area contributed by atoms with Crippen LogP contribution in [0.3, 0.4) is 0 Å². The van der Waals surface area contributed by atoms with Crippen LogP contribution in [-0.2, 0) is 9.53 Å². The van der Waals surface area contributed by atoms with Crippen molar-refractivity contribution >= 4 is 5.97 Å². The Labute approximate surface area is 94.9 Å². The maximum absolute atomic E-state index is 10.3. The highest BCUT2D eigenvalue weighted by atomic mass is 16.6. The second-order valence-corrected chi connectivity index (χ2v) is 4.60. The molecule has 90 valence electrons. The van der Waals surface area contributed by atoms with Crippen LogP contribution in [0.15, 0.2) is 12.2 Å². The van der Waals surface area contributed by atoms with Gasteiger partial charge < -0.3 is 14.9 Å². The lowest BCUT2D eigenvalue weighted by Gasteiger charge is -2.13. The molecule has 1 aliphatic carbocycles. The van der Waals surface area contributed by atoms with Crippen molar-refractivity contribution in [2.24, 2.45) is 5.92 Å². The van der Waals surface area contributed by atoms with Crippen molar-refractivity contribution in [1.82, 2.24) is 0 Å². The van der Waals surface area contributed by atoms with E-state index in [4.69, 9.17) is 9.84 Å². The molecule has 2 fully saturated rings. The zero-order valence-corrected chi connectivity index (χ0v) is 9.21. The molecule has 4 nitrogen and oxygen atoms in total. The molecule has 16 heavy (non-hydrogen) atoms. The molecule has 2 N–H and O–H groups in total. The van der Waals surface area contributed by atoms with Crippen LogP contribution >= 0.6 is 0 Å². The average molecular weight is 226 g/mol. The van der Waals surface area contributed by atoms with E-state index < -0.39 is 5.97 Å². The standard InChI is InChI=1S/C12H18O4/c13-9-7-10-12(16-10)8(9)5-3-1-2-4-6-11(14)15/h1,3,8-10,12-13H,2,4-7H2,(H,14,15)/b3-1+/t8-,9-,10+,12-/m0/s1. The molecule has 2 aliphatic rings. The van der Waals surface area contributed by atoms with Gasteiger partial charge in [-0.1, -0.05) is 12.2 Å². The van der Waals surface area contributed by atoms with Gasteiger partial charge >= 0.3 is 5.97 Å². The lowest BCUT2D eigenvalue weighted by atomic mass is 10.00. The minimum absolute atomic E-state index is 0.215. The first kappa shape index (κ1) is 11.6. The summed E-state index contributed by atoms with van der Waals surface area (Å²) in [5.74, 6) is -0.491. The van der Waals surface area contributed by atoms with Crippen molar-refractivity contribution in [2.45, 2.75) is 50.4 Å². The van der Waals surface area contributed by atoms with E-state index in [0.29, 0.717) is 12.5 Å². The zero-order chi connectivity index (χ0) is 11.5. The number of carbonyl (C=O) groups is 1. The van der Waals surface area contributed by atoms with Gasteiger partial charge in [-0.2, -0.15) is 0 Å². The summed E-state index contributed by atoms with van der Waals surface area (Å²) in [7, 11) is 0. The number of hydrogen-bond donors (Lipinski definition) is 2. The second kappa shape index (κ2) is 4.97. The Balaban J connectivity index is 1.60. The maximum atomic E-state index is 10.3. The number of unbranched alkanes of at least 4 members (excludes halogenated alkanes) is 1. The summed E-state index contributed by atoms with van der Waals surface area (Å²) in [5, 5.41) is 18.1. The first-order chi connectivity index (χ1) is 7.68. The van der Waals surface area contributed by atoms with Crippen molar-refractivity contribution in [3.63, 3.8) is 0 Å². The fraction of sp³-hybridized carbons (Fsp3) is 0.750. The summed E-state index contributed by atoms with van der Waals surface area (Å²) in [6.07, 6.45) is 7.74. The molecule has 0 unspecified atom stereocenters. The van der Waals surface area contributed by atoms with Crippen LogP contribution < -0.4 is 0 Å². The number of fused-ring (bicyclic) bond motifs is 1. The smallest absolute Gasteiger partial charge is 0.303 e. The molecule has 0 aromatic rings. The number of rotatable bonds is 6. The van der Waals surface area contributed by atoms with E-state index in [1.807, 2.05) is 12.2 Å². The van der Waals surface area contributed by atoms with Gasteiger partial charge in [-0.15, -0.1) is 0 Å². The van der Waals surface area contributed by atoms with E-state index in [-0.39, 0.29) is 24.5 Å². The van der Waals surface area contributed by atoms with E-state index in [2.05, 4.69) is 0 Å². The second-order valence-electron chi connectivity index (χ2n) is 4.60. The minimum atomic E-state index is -0.742. The van der Waals surface area contributed by atoms with Crippen molar-refractivity contribution in [1.29, 1.82) is 0 Å². The first-order valence-electron chi connectivity index (χ1n) is 5.89. The van der Waals surface area contributed by atoms with Gasteiger partial charge in [0, 0.05) is 18.8 Å². The molecule has 4 heteroatoms. The number of ether oxygens (including phenoxy) is 1. The molecular formula is C12H18O4. The van der Waals surface area contributed by atoms with Gasteiger partial charge in [-0.25, -0.2) is 0 Å². The number of hydrogen-bond acceptors (Lipinski definition) is 3. The molecule has 0 aromatic heterocycles. The molecule has 1 heterocycles. The number of carboxylic acid groups (broad SMARTS) is 1. The average Bonchev–Trinajstić information content (AvgIpc) is 2.89. The van der Waals surface area contributed by atoms with E-state index in [9.17, 15) is 9.90 Å². The van der Waals surface area contributed by atoms with Gasteiger partial charge in [0.1, 0.15) is 0 Å². The fourth-order valence-corrected chi connectivity index (χ4v) is 2.39. The van der Waals surface area contributed by atoms with Gasteiger partial charge in [0.2, 0.25) is 0 Å². The van der Waals surface area contributed by atoms with Crippen LogP contribution in [-0.4, -0.2) is 34.5 Å². The summed E-state index contributed by atoms with van der Waals surface area (Å²) in [4.78, 5) is 10.3. The van der Waals surface area contributed by atoms with E-state index >= 15 is 0 Å². The van der Waals surface area contributed by atoms with Crippen LogP contribution in [0.2, 0.25) is 0 Å². The predicted molar refractivity (Wildman–Crippen MR) is 58.0 cm³/mol. The molecule has 0 bridgehead atoms. The minimum Gasteiger partial charge on any atom is -0.481 e. The Hall–Kier alpha value is -0.870. The molecule has 4 atom stereocenters. The third kappa shape index (κ3) is 2.83. The molecule has 0 amide bonds. The number of aliphatic hydroxyl groups excluding tert-OH is 1. The molecule has 0 radical (unpaired) electrons. The number of aliphatic hydroxyl groups is 1. The molecular weight excluding hydrogens is 208 g/mol. The molecule has 1 aliphatic heterocycles. The van der Waals surface area contributed by atoms with Gasteiger partial charge in [-0.05, 0) is 19.3 Å². The third-order valence-corrected chi connectivity index (χ3v) is 3.35. The highest BCUT2D eigenvalue weighted by Crippen LogP contribution is 2.44. The number of aliphatic carboxylic acids is 1. The van der Waals surface area contributed by atoms with Crippen molar-refractivity contribution in [3.8, 4) is 0 Å². The van der Waals surface area contributed by atoms with E-state index in [0.717, 1.165) is 19.3 Å². The monoisotopic (exact) mass is 226 g/mol. The van der Waals surface area contributed by atoms with Crippen LogP contribution in [0.25, 0.3) is 0 Å². The van der Waals surface area contributed by atoms with Crippen LogP contribution in [0.5, 0.6) is 0 Å². The Kier molecular flexibility index (Phi) is 3.61. The number of carboxylic acids is 1. The summed E-state index contributed by atoms with van der Waals surface area (Å²) >= 11 is 0. The third-order valence-electron chi connectivity index (χ3n) is 3.35. The molecule has 0 spiro atoms. The van der Waals surface area contributed by atoms with E-state index in [1.54, 1.807) is 0 Å². The van der Waals surface area contributed by atoms with Gasteiger partial charge in [0.15, 0.2) is 0 Å². The number of epoxide rings is 1. The lowest BCUT2D eigenvalue weighted by molar-refractivity contribution is -0.137. The predicted octanol–water partition coefficient (Wildman–Crippen LogP) is 1.34. The van der Waals surface area contributed by atoms with E-state index in [1.165, 1.54) is 0 Å². The van der Waals surface area contributed by atoms with Crippen molar-refractivity contribution < 1.29 is 19.7 Å². The molecule has 1 saturated carbocycles. The fourth-order valence-electron chi connectivity index (χ4n) is 2.39. The molecule has 2 rings (SSSR count). The quantitative estimate of drug-likeness (QED) is 0.407. The summed E-state index contributed by atoms with van der Waals surface area (Å²) in [6.45, 7) is 0. The summed E-state index contributed by atoms with van der Waals surface area (Å²) in [6, 6.07) is 0. The van der Waals surface area contributed by atoms with Gasteiger partial charge in [-0.3, -0.25) is 4.79 Å². The Morgan fingerprint density at radius 2 is 2.25 bits per heavy atom. The Morgan fingerprint density at radius 3 is 2.88 bits per heavy atom. The first-order valence-corrected chi connectivity index (χ1v) is 5.89. The van der Waals surface area contributed by atoms with Crippen molar-refractivity contribution in [3.05, 3.63) is 12.2 Å². The van der Waals surface area contributed by atoms with Crippen LogP contribution in [0.1, 0.15) is 32.1 Å². The SMILES string of the molecule is O=C(O)CCC/C=C/C[C@@H]1[C@@H]2O[C@@H]2C[C@@H]1O. The zero-order valence-electron chi connectivity index (χ0n) is 9.21. The summed E-state index contributed by atoms with van der Waals surface area (Å²) in [5.41, 5.74) is 0. The summed E-state index contributed by atoms with van der Waals surface area (Å²) < 4.78 is 5.37. The Bertz CT molecular complexity index is 285.